The molecule has 6 heteroatoms. The van der Waals surface area contributed by atoms with Gasteiger partial charge >= 0.3 is 5.97 Å². The maximum absolute atomic E-state index is 12.0. The lowest BCUT2D eigenvalue weighted by molar-refractivity contribution is 0.0508. The summed E-state index contributed by atoms with van der Waals surface area (Å²) < 4.78 is 12.0. The van der Waals surface area contributed by atoms with Gasteiger partial charge in [0.05, 0.1) is 19.3 Å². The second-order valence-corrected chi connectivity index (χ2v) is 4.29. The van der Waals surface area contributed by atoms with Gasteiger partial charge in [0.1, 0.15) is 5.75 Å². The zero-order valence-electron chi connectivity index (χ0n) is 11.5. The van der Waals surface area contributed by atoms with Crippen LogP contribution in [0.1, 0.15) is 16.1 Å². The maximum atomic E-state index is 12.0. The number of anilines is 1. The van der Waals surface area contributed by atoms with E-state index in [0.29, 0.717) is 23.4 Å². The van der Waals surface area contributed by atoms with E-state index in [-0.39, 0.29) is 6.61 Å². The van der Waals surface area contributed by atoms with Crippen molar-refractivity contribution in [3.05, 3.63) is 41.7 Å². The van der Waals surface area contributed by atoms with Crippen LogP contribution in [-0.2, 0) is 18.2 Å². The van der Waals surface area contributed by atoms with Gasteiger partial charge in [-0.15, -0.1) is 0 Å². The van der Waals surface area contributed by atoms with E-state index in [0.717, 1.165) is 5.69 Å². The van der Waals surface area contributed by atoms with Crippen LogP contribution in [0.15, 0.2) is 30.5 Å². The number of esters is 1. The average molecular weight is 275 g/mol. The molecule has 0 bridgehead atoms. The number of aromatic nitrogens is 2. The van der Waals surface area contributed by atoms with E-state index in [1.54, 1.807) is 29.1 Å². The minimum atomic E-state index is -0.455. The van der Waals surface area contributed by atoms with E-state index in [9.17, 15) is 4.79 Å². The van der Waals surface area contributed by atoms with Crippen LogP contribution >= 0.6 is 0 Å². The Hall–Kier alpha value is -2.50. The van der Waals surface area contributed by atoms with Gasteiger partial charge in [0, 0.05) is 31.0 Å². The molecular formula is C14H17N3O3. The van der Waals surface area contributed by atoms with E-state index in [1.165, 1.54) is 7.11 Å². The normalized spacial score (nSPS) is 10.3. The number of aryl methyl sites for hydroxylation is 1. The Morgan fingerprint density at radius 1 is 1.40 bits per heavy atom. The molecule has 0 amide bonds. The first-order chi connectivity index (χ1) is 9.61. The fourth-order valence-corrected chi connectivity index (χ4v) is 1.81. The van der Waals surface area contributed by atoms with Crippen molar-refractivity contribution >= 4 is 11.7 Å². The zero-order valence-corrected chi connectivity index (χ0v) is 11.5. The molecule has 1 aromatic heterocycles. The minimum absolute atomic E-state index is 0.273. The summed E-state index contributed by atoms with van der Waals surface area (Å²) in [6.45, 7) is 0.273. The zero-order chi connectivity index (χ0) is 14.5. The molecule has 2 N–H and O–H groups in total. The van der Waals surface area contributed by atoms with Crippen LogP contribution in [0.5, 0.6) is 5.75 Å². The van der Waals surface area contributed by atoms with Crippen molar-refractivity contribution in [1.29, 1.82) is 0 Å². The fourth-order valence-electron chi connectivity index (χ4n) is 1.81. The first-order valence-electron chi connectivity index (χ1n) is 6.19. The highest BCUT2D eigenvalue weighted by atomic mass is 16.5. The van der Waals surface area contributed by atoms with Crippen molar-refractivity contribution in [3.63, 3.8) is 0 Å². The second kappa shape index (κ2) is 6.10. The molecule has 6 nitrogen and oxygen atoms in total. The number of nitrogens with zero attached hydrogens (tertiary/aromatic N) is 2. The summed E-state index contributed by atoms with van der Waals surface area (Å²) >= 11 is 0. The molecule has 0 spiro atoms. The summed E-state index contributed by atoms with van der Waals surface area (Å²) in [5.74, 6) is 0.112. The van der Waals surface area contributed by atoms with E-state index in [4.69, 9.17) is 15.2 Å². The number of hydrogen-bond acceptors (Lipinski definition) is 5. The SMILES string of the molecule is COc1ccc(N)c(C(=O)OCCc2ccnn2C)c1. The van der Waals surface area contributed by atoms with Crippen LogP contribution in [0.2, 0.25) is 0 Å². The molecule has 20 heavy (non-hydrogen) atoms. The van der Waals surface area contributed by atoms with Gasteiger partial charge in [0.2, 0.25) is 0 Å². The van der Waals surface area contributed by atoms with Crippen LogP contribution in [0.25, 0.3) is 0 Å². The first-order valence-corrected chi connectivity index (χ1v) is 6.19. The van der Waals surface area contributed by atoms with Crippen molar-refractivity contribution in [2.75, 3.05) is 19.5 Å². The summed E-state index contributed by atoms with van der Waals surface area (Å²) in [5.41, 5.74) is 7.45. The number of nitrogens with two attached hydrogens (primary N) is 1. The predicted octanol–water partition coefficient (Wildman–Crippen LogP) is 1.41. The van der Waals surface area contributed by atoms with E-state index >= 15 is 0 Å². The molecule has 1 heterocycles. The summed E-state index contributed by atoms with van der Waals surface area (Å²) in [5, 5.41) is 4.05. The molecule has 0 radical (unpaired) electrons. The molecule has 0 saturated carbocycles. The number of benzene rings is 1. The number of ether oxygens (including phenoxy) is 2. The monoisotopic (exact) mass is 275 g/mol. The Morgan fingerprint density at radius 3 is 2.85 bits per heavy atom. The summed E-state index contributed by atoms with van der Waals surface area (Å²) in [7, 11) is 3.38. The molecule has 0 saturated heterocycles. The molecule has 2 rings (SSSR count). The molecular weight excluding hydrogens is 258 g/mol. The third kappa shape index (κ3) is 3.09. The Balaban J connectivity index is 1.96. The van der Waals surface area contributed by atoms with E-state index in [2.05, 4.69) is 5.10 Å². The third-order valence-electron chi connectivity index (χ3n) is 2.99. The van der Waals surface area contributed by atoms with Gasteiger partial charge in [-0.2, -0.15) is 5.10 Å². The number of carbonyl (C=O) groups is 1. The summed E-state index contributed by atoms with van der Waals surface area (Å²) in [4.78, 5) is 12.0. The second-order valence-electron chi connectivity index (χ2n) is 4.29. The number of rotatable bonds is 5. The third-order valence-corrected chi connectivity index (χ3v) is 2.99. The van der Waals surface area contributed by atoms with Crippen molar-refractivity contribution in [2.24, 2.45) is 7.05 Å². The topological polar surface area (TPSA) is 79.4 Å². The van der Waals surface area contributed by atoms with Crippen LogP contribution in [-0.4, -0.2) is 29.5 Å². The average Bonchev–Trinajstić information content (AvgIpc) is 2.85. The minimum Gasteiger partial charge on any atom is -0.497 e. The van der Waals surface area contributed by atoms with E-state index < -0.39 is 5.97 Å². The van der Waals surface area contributed by atoms with Crippen LogP contribution in [0.4, 0.5) is 5.69 Å². The summed E-state index contributed by atoms with van der Waals surface area (Å²) in [6, 6.07) is 6.77. The van der Waals surface area contributed by atoms with Gasteiger partial charge in [0.15, 0.2) is 0 Å². The Bertz CT molecular complexity index is 607. The van der Waals surface area contributed by atoms with E-state index in [1.807, 2.05) is 13.1 Å². The fraction of sp³-hybridized carbons (Fsp3) is 0.286. The lowest BCUT2D eigenvalue weighted by atomic mass is 10.1. The molecule has 2 aromatic rings. The number of methoxy groups -OCH3 is 1. The van der Waals surface area contributed by atoms with Crippen molar-refractivity contribution < 1.29 is 14.3 Å². The molecule has 106 valence electrons. The lowest BCUT2D eigenvalue weighted by Crippen LogP contribution is -2.12. The quantitative estimate of drug-likeness (QED) is 0.659. The Morgan fingerprint density at radius 2 is 2.20 bits per heavy atom. The Labute approximate surface area is 117 Å². The molecule has 0 aliphatic rings. The number of carbonyl (C=O) groups excluding carboxylic acids is 1. The standard InChI is InChI=1S/C14H17N3O3/c1-17-10(5-7-16-17)6-8-20-14(18)12-9-11(19-2)3-4-13(12)15/h3-5,7,9H,6,8,15H2,1-2H3. The predicted molar refractivity (Wildman–Crippen MR) is 74.6 cm³/mol. The molecule has 0 aliphatic carbocycles. The highest BCUT2D eigenvalue weighted by Gasteiger charge is 2.12. The van der Waals surface area contributed by atoms with Crippen molar-refractivity contribution in [3.8, 4) is 5.75 Å². The van der Waals surface area contributed by atoms with Crippen LogP contribution in [0, 0.1) is 0 Å². The van der Waals surface area contributed by atoms with Crippen molar-refractivity contribution in [1.82, 2.24) is 9.78 Å². The van der Waals surface area contributed by atoms with Crippen LogP contribution in [0.3, 0.4) is 0 Å². The smallest absolute Gasteiger partial charge is 0.340 e. The van der Waals surface area contributed by atoms with Crippen molar-refractivity contribution in [2.45, 2.75) is 6.42 Å². The number of hydrogen-bond donors (Lipinski definition) is 1. The van der Waals surface area contributed by atoms with Gasteiger partial charge in [-0.25, -0.2) is 4.79 Å². The lowest BCUT2D eigenvalue weighted by Gasteiger charge is -2.08. The van der Waals surface area contributed by atoms with Gasteiger partial charge in [-0.05, 0) is 24.3 Å². The molecule has 0 fully saturated rings. The Kier molecular flexibility index (Phi) is 4.24. The molecule has 0 unspecified atom stereocenters. The van der Waals surface area contributed by atoms with Gasteiger partial charge < -0.3 is 15.2 Å². The maximum Gasteiger partial charge on any atom is 0.340 e. The summed E-state index contributed by atoms with van der Waals surface area (Å²) in [6.07, 6.45) is 2.31. The number of nitrogen functional groups attached to an aromatic ring is 1. The van der Waals surface area contributed by atoms with Gasteiger partial charge in [0.25, 0.3) is 0 Å². The van der Waals surface area contributed by atoms with Gasteiger partial charge in [-0.1, -0.05) is 0 Å². The largest absolute Gasteiger partial charge is 0.497 e. The van der Waals surface area contributed by atoms with Gasteiger partial charge in [-0.3, -0.25) is 4.68 Å². The molecule has 0 aliphatic heterocycles. The molecule has 1 aromatic carbocycles. The highest BCUT2D eigenvalue weighted by molar-refractivity contribution is 5.95. The highest BCUT2D eigenvalue weighted by Crippen LogP contribution is 2.20. The first kappa shape index (κ1) is 13.9. The van der Waals surface area contributed by atoms with Crippen LogP contribution < -0.4 is 10.5 Å². The molecule has 0 atom stereocenters.